The van der Waals surface area contributed by atoms with Crippen LogP contribution in [-0.4, -0.2) is 21.6 Å². The molecule has 5 heteroatoms. The minimum absolute atomic E-state index is 0.426. The van der Waals surface area contributed by atoms with Crippen molar-refractivity contribution in [2.24, 2.45) is 0 Å². The van der Waals surface area contributed by atoms with Crippen LogP contribution < -0.4 is 5.32 Å². The molecule has 0 fully saturated rings. The first-order valence-corrected chi connectivity index (χ1v) is 6.00. The predicted molar refractivity (Wildman–Crippen MR) is 67.0 cm³/mol. The van der Waals surface area contributed by atoms with E-state index < -0.39 is 11.5 Å². The van der Waals surface area contributed by atoms with E-state index in [0.717, 1.165) is 5.56 Å². The maximum absolute atomic E-state index is 11.3. The molecule has 4 nitrogen and oxygen atoms in total. The second-order valence-corrected chi connectivity index (χ2v) is 4.32. The van der Waals surface area contributed by atoms with Gasteiger partial charge in [-0.05, 0) is 24.5 Å². The molecule has 0 aliphatic heterocycles. The average molecular weight is 257 g/mol. The van der Waals surface area contributed by atoms with Crippen LogP contribution in [-0.2, 0) is 11.3 Å². The molecule has 0 radical (unpaired) electrons. The van der Waals surface area contributed by atoms with Gasteiger partial charge in [0.1, 0.15) is 5.54 Å². The van der Waals surface area contributed by atoms with E-state index in [2.05, 4.69) is 10.3 Å². The standard InChI is InChI=1S/C12H17ClN2O2/c1-3-12(4-2,11(16)17)15-7-9-5-6-14-8-10(9)13/h5-6,8,15H,3-4,7H2,1-2H3,(H,16,17). The van der Waals surface area contributed by atoms with Gasteiger partial charge >= 0.3 is 5.97 Å². The third-order valence-corrected chi connectivity index (χ3v) is 3.43. The minimum Gasteiger partial charge on any atom is -0.480 e. The summed E-state index contributed by atoms with van der Waals surface area (Å²) >= 11 is 5.97. The first-order valence-electron chi connectivity index (χ1n) is 5.62. The van der Waals surface area contributed by atoms with Crippen molar-refractivity contribution < 1.29 is 9.90 Å². The molecule has 0 unspecified atom stereocenters. The number of halogens is 1. The number of hydrogen-bond acceptors (Lipinski definition) is 3. The van der Waals surface area contributed by atoms with Crippen LogP contribution in [0.1, 0.15) is 32.3 Å². The van der Waals surface area contributed by atoms with Crippen molar-refractivity contribution in [1.29, 1.82) is 0 Å². The van der Waals surface area contributed by atoms with E-state index in [4.69, 9.17) is 11.6 Å². The Labute approximate surface area is 106 Å². The van der Waals surface area contributed by atoms with Gasteiger partial charge in [-0.15, -0.1) is 0 Å². The van der Waals surface area contributed by atoms with E-state index in [9.17, 15) is 9.90 Å². The molecule has 0 spiro atoms. The monoisotopic (exact) mass is 256 g/mol. The zero-order chi connectivity index (χ0) is 12.9. The number of aliphatic carboxylic acids is 1. The van der Waals surface area contributed by atoms with Gasteiger partial charge in [0.2, 0.25) is 0 Å². The Morgan fingerprint density at radius 3 is 2.65 bits per heavy atom. The lowest BCUT2D eigenvalue weighted by Gasteiger charge is -2.28. The summed E-state index contributed by atoms with van der Waals surface area (Å²) in [7, 11) is 0. The van der Waals surface area contributed by atoms with Gasteiger partial charge < -0.3 is 5.11 Å². The van der Waals surface area contributed by atoms with Crippen LogP contribution in [0.25, 0.3) is 0 Å². The molecule has 94 valence electrons. The van der Waals surface area contributed by atoms with E-state index in [-0.39, 0.29) is 0 Å². The molecule has 0 saturated heterocycles. The fraction of sp³-hybridized carbons (Fsp3) is 0.500. The van der Waals surface area contributed by atoms with E-state index in [1.807, 2.05) is 13.8 Å². The fourth-order valence-electron chi connectivity index (χ4n) is 1.69. The van der Waals surface area contributed by atoms with Crippen molar-refractivity contribution in [3.63, 3.8) is 0 Å². The molecule has 0 bridgehead atoms. The Morgan fingerprint density at radius 2 is 2.18 bits per heavy atom. The summed E-state index contributed by atoms with van der Waals surface area (Å²) in [5, 5.41) is 12.9. The van der Waals surface area contributed by atoms with Gasteiger partial charge in [0.15, 0.2) is 0 Å². The van der Waals surface area contributed by atoms with Crippen LogP contribution in [0.5, 0.6) is 0 Å². The number of rotatable bonds is 6. The van der Waals surface area contributed by atoms with Gasteiger partial charge in [-0.2, -0.15) is 0 Å². The number of nitrogens with one attached hydrogen (secondary N) is 1. The molecule has 0 aromatic carbocycles. The normalized spacial score (nSPS) is 11.5. The molecule has 1 rings (SSSR count). The zero-order valence-corrected chi connectivity index (χ0v) is 10.8. The highest BCUT2D eigenvalue weighted by atomic mass is 35.5. The summed E-state index contributed by atoms with van der Waals surface area (Å²) in [6.45, 7) is 4.15. The van der Waals surface area contributed by atoms with Crippen LogP contribution in [0.15, 0.2) is 18.5 Å². The summed E-state index contributed by atoms with van der Waals surface area (Å²) in [5.41, 5.74) is -0.0266. The third kappa shape index (κ3) is 3.17. The molecule has 0 aliphatic carbocycles. The van der Waals surface area contributed by atoms with Crippen molar-refractivity contribution in [1.82, 2.24) is 10.3 Å². The van der Waals surface area contributed by atoms with Gasteiger partial charge in [0, 0.05) is 18.9 Å². The number of pyridine rings is 1. The first-order chi connectivity index (χ1) is 8.05. The van der Waals surface area contributed by atoms with Gasteiger partial charge in [-0.25, -0.2) is 0 Å². The van der Waals surface area contributed by atoms with E-state index in [0.29, 0.717) is 24.4 Å². The molecule has 2 N–H and O–H groups in total. The van der Waals surface area contributed by atoms with Crippen molar-refractivity contribution in [3.05, 3.63) is 29.0 Å². The molecule has 0 atom stereocenters. The Kier molecular flexibility index (Phi) is 4.90. The number of hydrogen-bond donors (Lipinski definition) is 2. The van der Waals surface area contributed by atoms with Crippen LogP contribution in [0.2, 0.25) is 5.02 Å². The molecule has 1 heterocycles. The molecule has 0 aliphatic rings. The summed E-state index contributed by atoms with van der Waals surface area (Å²) < 4.78 is 0. The molecular weight excluding hydrogens is 240 g/mol. The summed E-state index contributed by atoms with van der Waals surface area (Å²) in [6, 6.07) is 1.78. The molecule has 1 aromatic heterocycles. The molecule has 0 amide bonds. The van der Waals surface area contributed by atoms with E-state index >= 15 is 0 Å². The smallest absolute Gasteiger partial charge is 0.323 e. The Morgan fingerprint density at radius 1 is 1.53 bits per heavy atom. The zero-order valence-electron chi connectivity index (χ0n) is 10.0. The number of carbonyl (C=O) groups is 1. The van der Waals surface area contributed by atoms with Gasteiger partial charge in [-0.1, -0.05) is 25.4 Å². The Balaban J connectivity index is 2.78. The predicted octanol–water partition coefficient (Wildman–Crippen LogP) is 2.47. The average Bonchev–Trinajstić information content (AvgIpc) is 2.32. The van der Waals surface area contributed by atoms with E-state index in [1.165, 1.54) is 0 Å². The highest BCUT2D eigenvalue weighted by Crippen LogP contribution is 2.19. The Bertz CT molecular complexity index is 392. The topological polar surface area (TPSA) is 62.2 Å². The van der Waals surface area contributed by atoms with Crippen LogP contribution in [0, 0.1) is 0 Å². The molecule has 0 saturated carbocycles. The number of carboxylic acid groups (broad SMARTS) is 1. The third-order valence-electron chi connectivity index (χ3n) is 3.09. The van der Waals surface area contributed by atoms with Crippen LogP contribution >= 0.6 is 11.6 Å². The lowest BCUT2D eigenvalue weighted by Crippen LogP contribution is -2.50. The first kappa shape index (κ1) is 13.9. The SMILES string of the molecule is CCC(CC)(NCc1ccncc1Cl)C(=O)O. The highest BCUT2D eigenvalue weighted by Gasteiger charge is 2.34. The second kappa shape index (κ2) is 5.98. The lowest BCUT2D eigenvalue weighted by atomic mass is 9.92. The maximum atomic E-state index is 11.3. The lowest BCUT2D eigenvalue weighted by molar-refractivity contribution is -0.145. The number of aromatic nitrogens is 1. The summed E-state index contributed by atoms with van der Waals surface area (Å²) in [4.78, 5) is 15.2. The number of carboxylic acids is 1. The van der Waals surface area contributed by atoms with Gasteiger partial charge in [-0.3, -0.25) is 15.1 Å². The van der Waals surface area contributed by atoms with Crippen molar-refractivity contribution >= 4 is 17.6 Å². The quantitative estimate of drug-likeness (QED) is 0.821. The largest absolute Gasteiger partial charge is 0.480 e. The summed E-state index contributed by atoms with van der Waals surface area (Å²) in [6.07, 6.45) is 4.26. The Hall–Kier alpha value is -1.13. The van der Waals surface area contributed by atoms with Crippen molar-refractivity contribution in [3.8, 4) is 0 Å². The van der Waals surface area contributed by atoms with E-state index in [1.54, 1.807) is 18.5 Å². The molecular formula is C12H17ClN2O2. The van der Waals surface area contributed by atoms with Crippen molar-refractivity contribution in [2.75, 3.05) is 0 Å². The number of nitrogens with zero attached hydrogens (tertiary/aromatic N) is 1. The van der Waals surface area contributed by atoms with Crippen LogP contribution in [0.3, 0.4) is 0 Å². The molecule has 1 aromatic rings. The van der Waals surface area contributed by atoms with Crippen molar-refractivity contribution in [2.45, 2.75) is 38.8 Å². The molecule has 17 heavy (non-hydrogen) atoms. The van der Waals surface area contributed by atoms with Gasteiger partial charge in [0.05, 0.1) is 5.02 Å². The summed E-state index contributed by atoms with van der Waals surface area (Å²) in [5.74, 6) is -0.826. The highest BCUT2D eigenvalue weighted by molar-refractivity contribution is 6.31. The van der Waals surface area contributed by atoms with Gasteiger partial charge in [0.25, 0.3) is 0 Å². The second-order valence-electron chi connectivity index (χ2n) is 3.92. The fourth-order valence-corrected chi connectivity index (χ4v) is 1.88. The maximum Gasteiger partial charge on any atom is 0.323 e. The minimum atomic E-state index is -0.882. The van der Waals surface area contributed by atoms with Crippen LogP contribution in [0.4, 0.5) is 0 Å².